The lowest BCUT2D eigenvalue weighted by Crippen LogP contribution is -2.34. The first kappa shape index (κ1) is 19.6. The third-order valence-corrected chi connectivity index (χ3v) is 3.88. The van der Waals surface area contributed by atoms with Crippen molar-refractivity contribution in [3.05, 3.63) is 84.4 Å². The molecular formula is C23H27NO2. The van der Waals surface area contributed by atoms with E-state index in [-0.39, 0.29) is 11.9 Å². The Kier molecular flexibility index (Phi) is 6.51. The third kappa shape index (κ3) is 5.41. The van der Waals surface area contributed by atoms with Gasteiger partial charge in [-0.15, -0.1) is 6.58 Å². The Morgan fingerprint density at radius 2 is 1.46 bits per heavy atom. The van der Waals surface area contributed by atoms with Crippen LogP contribution in [0.15, 0.2) is 78.3 Å². The van der Waals surface area contributed by atoms with E-state index in [1.165, 1.54) is 0 Å². The first-order chi connectivity index (χ1) is 12.3. The molecule has 0 radical (unpaired) electrons. The fourth-order valence-corrected chi connectivity index (χ4v) is 2.52. The lowest BCUT2D eigenvalue weighted by atomic mass is 9.98. The van der Waals surface area contributed by atoms with Crippen LogP contribution in [0.5, 0.6) is 0 Å². The number of carbonyl (C=O) groups excluding carboxylic acids is 1. The number of hydrogen-bond acceptors (Lipinski definition) is 3. The normalized spacial score (nSPS) is 13.4. The highest BCUT2D eigenvalue weighted by atomic mass is 16.6. The van der Waals surface area contributed by atoms with E-state index in [0.29, 0.717) is 0 Å². The van der Waals surface area contributed by atoms with E-state index >= 15 is 0 Å². The van der Waals surface area contributed by atoms with Gasteiger partial charge in [0, 0.05) is 17.0 Å². The summed E-state index contributed by atoms with van der Waals surface area (Å²) in [5, 5.41) is 0. The molecule has 2 rings (SSSR count). The average Bonchev–Trinajstić information content (AvgIpc) is 2.62. The number of ether oxygens (including phenoxy) is 1. The first-order valence-corrected chi connectivity index (χ1v) is 8.86. The van der Waals surface area contributed by atoms with Gasteiger partial charge in [0.1, 0.15) is 5.60 Å². The quantitative estimate of drug-likeness (QED) is 0.415. The Morgan fingerprint density at radius 1 is 1.00 bits per heavy atom. The molecule has 0 aliphatic rings. The molecule has 0 aromatic heterocycles. The maximum absolute atomic E-state index is 12.8. The second-order valence-corrected chi connectivity index (χ2v) is 7.28. The van der Waals surface area contributed by atoms with Crippen molar-refractivity contribution < 1.29 is 9.53 Å². The highest BCUT2D eigenvalue weighted by Gasteiger charge is 2.29. The molecule has 0 bridgehead atoms. The van der Waals surface area contributed by atoms with Crippen LogP contribution in [0, 0.1) is 5.92 Å². The Labute approximate surface area is 156 Å². The molecule has 2 atom stereocenters. The minimum Gasteiger partial charge on any atom is -0.458 e. The Balaban J connectivity index is 2.53. The summed E-state index contributed by atoms with van der Waals surface area (Å²) >= 11 is 0. The molecule has 0 N–H and O–H groups in total. The van der Waals surface area contributed by atoms with Crippen molar-refractivity contribution in [1.29, 1.82) is 0 Å². The molecule has 3 nitrogen and oxygen atoms in total. The molecular weight excluding hydrogens is 322 g/mol. The Bertz CT molecular complexity index is 716. The van der Waals surface area contributed by atoms with Crippen LogP contribution in [0.3, 0.4) is 0 Å². The van der Waals surface area contributed by atoms with Gasteiger partial charge >= 0.3 is 5.97 Å². The maximum atomic E-state index is 12.8. The highest BCUT2D eigenvalue weighted by Crippen LogP contribution is 2.19. The van der Waals surface area contributed by atoms with E-state index in [2.05, 4.69) is 6.58 Å². The van der Waals surface area contributed by atoms with Gasteiger partial charge in [-0.1, -0.05) is 73.7 Å². The molecule has 0 amide bonds. The number of aliphatic imine (C=N–C) groups is 1. The van der Waals surface area contributed by atoms with Crippen LogP contribution < -0.4 is 0 Å². The Morgan fingerprint density at radius 3 is 1.85 bits per heavy atom. The van der Waals surface area contributed by atoms with Crippen molar-refractivity contribution in [2.24, 2.45) is 10.9 Å². The number of hydrogen-bond donors (Lipinski definition) is 0. The summed E-state index contributed by atoms with van der Waals surface area (Å²) < 4.78 is 5.60. The van der Waals surface area contributed by atoms with Gasteiger partial charge in [0.15, 0.2) is 6.04 Å². The monoisotopic (exact) mass is 349 g/mol. The highest BCUT2D eigenvalue weighted by molar-refractivity contribution is 6.13. The zero-order valence-corrected chi connectivity index (χ0v) is 16.0. The molecule has 2 unspecified atom stereocenters. The SMILES string of the molecule is C=CC(C)C(N=C(c1ccccc1)c1ccccc1)C(=O)OC(C)(C)C. The summed E-state index contributed by atoms with van der Waals surface area (Å²) in [6.45, 7) is 11.3. The van der Waals surface area contributed by atoms with E-state index < -0.39 is 11.6 Å². The van der Waals surface area contributed by atoms with E-state index in [4.69, 9.17) is 9.73 Å². The molecule has 0 aliphatic carbocycles. The van der Waals surface area contributed by atoms with Gasteiger partial charge in [0.25, 0.3) is 0 Å². The summed E-state index contributed by atoms with van der Waals surface area (Å²) in [7, 11) is 0. The van der Waals surface area contributed by atoms with E-state index in [1.54, 1.807) is 6.08 Å². The van der Waals surface area contributed by atoms with Crippen LogP contribution in [0.25, 0.3) is 0 Å². The molecule has 0 spiro atoms. The number of esters is 1. The lowest BCUT2D eigenvalue weighted by Gasteiger charge is -2.25. The van der Waals surface area contributed by atoms with Crippen LogP contribution in [0.2, 0.25) is 0 Å². The lowest BCUT2D eigenvalue weighted by molar-refractivity contribution is -0.157. The van der Waals surface area contributed by atoms with E-state index in [9.17, 15) is 4.79 Å². The zero-order valence-electron chi connectivity index (χ0n) is 16.0. The molecule has 2 aromatic rings. The minimum atomic E-state index is -0.651. The Hall–Kier alpha value is -2.68. The number of benzene rings is 2. The van der Waals surface area contributed by atoms with Crippen molar-refractivity contribution in [2.75, 3.05) is 0 Å². The smallest absolute Gasteiger partial charge is 0.332 e. The molecule has 0 saturated heterocycles. The van der Waals surface area contributed by atoms with E-state index in [0.717, 1.165) is 16.8 Å². The van der Waals surface area contributed by atoms with Crippen LogP contribution >= 0.6 is 0 Å². The van der Waals surface area contributed by atoms with Gasteiger partial charge in [0.2, 0.25) is 0 Å². The largest absolute Gasteiger partial charge is 0.458 e. The minimum absolute atomic E-state index is 0.146. The standard InChI is InChI=1S/C23H27NO2/c1-6-17(2)20(22(25)26-23(3,4)5)24-21(18-13-9-7-10-14-18)19-15-11-8-12-16-19/h6-17,20H,1H2,2-5H3. The van der Waals surface area contributed by atoms with Crippen LogP contribution in [-0.4, -0.2) is 23.3 Å². The molecule has 26 heavy (non-hydrogen) atoms. The predicted octanol–water partition coefficient (Wildman–Crippen LogP) is 5.06. The third-order valence-electron chi connectivity index (χ3n) is 3.88. The van der Waals surface area contributed by atoms with Gasteiger partial charge in [-0.05, 0) is 20.8 Å². The summed E-state index contributed by atoms with van der Waals surface area (Å²) in [6, 6.07) is 19.1. The summed E-state index contributed by atoms with van der Waals surface area (Å²) in [5.41, 5.74) is 2.13. The second kappa shape index (κ2) is 8.61. The molecule has 0 saturated carbocycles. The molecule has 0 heterocycles. The van der Waals surface area contributed by atoms with E-state index in [1.807, 2.05) is 88.4 Å². The number of rotatable bonds is 6. The van der Waals surface area contributed by atoms with Crippen LogP contribution in [0.4, 0.5) is 0 Å². The summed E-state index contributed by atoms with van der Waals surface area (Å²) in [5.74, 6) is -0.485. The maximum Gasteiger partial charge on any atom is 0.332 e. The fourth-order valence-electron chi connectivity index (χ4n) is 2.52. The number of nitrogens with zero attached hydrogens (tertiary/aromatic N) is 1. The van der Waals surface area contributed by atoms with Crippen LogP contribution in [-0.2, 0) is 9.53 Å². The summed E-state index contributed by atoms with van der Waals surface area (Å²) in [6.07, 6.45) is 1.74. The van der Waals surface area contributed by atoms with Gasteiger partial charge in [-0.25, -0.2) is 4.79 Å². The van der Waals surface area contributed by atoms with Crippen molar-refractivity contribution in [1.82, 2.24) is 0 Å². The van der Waals surface area contributed by atoms with Crippen molar-refractivity contribution in [3.8, 4) is 0 Å². The summed E-state index contributed by atoms with van der Waals surface area (Å²) in [4.78, 5) is 17.6. The van der Waals surface area contributed by atoms with Crippen LogP contribution in [0.1, 0.15) is 38.8 Å². The molecule has 0 fully saturated rings. The molecule has 2 aromatic carbocycles. The van der Waals surface area contributed by atoms with Crippen molar-refractivity contribution in [2.45, 2.75) is 39.3 Å². The average molecular weight is 349 g/mol. The second-order valence-electron chi connectivity index (χ2n) is 7.28. The molecule has 0 aliphatic heterocycles. The molecule has 136 valence electrons. The first-order valence-electron chi connectivity index (χ1n) is 8.86. The predicted molar refractivity (Wildman–Crippen MR) is 108 cm³/mol. The van der Waals surface area contributed by atoms with Gasteiger partial charge in [0.05, 0.1) is 5.71 Å². The van der Waals surface area contributed by atoms with Gasteiger partial charge in [-0.3, -0.25) is 4.99 Å². The molecule has 3 heteroatoms. The van der Waals surface area contributed by atoms with Gasteiger partial charge in [-0.2, -0.15) is 0 Å². The van der Waals surface area contributed by atoms with Gasteiger partial charge < -0.3 is 4.74 Å². The van der Waals surface area contributed by atoms with Crippen molar-refractivity contribution in [3.63, 3.8) is 0 Å². The van der Waals surface area contributed by atoms with Crippen molar-refractivity contribution >= 4 is 11.7 Å². The topological polar surface area (TPSA) is 38.7 Å². The zero-order chi connectivity index (χ0) is 19.2. The fraction of sp³-hybridized carbons (Fsp3) is 0.304. The number of carbonyl (C=O) groups is 1.